The van der Waals surface area contributed by atoms with Crippen LogP contribution in [0, 0.1) is 12.8 Å². The van der Waals surface area contributed by atoms with Crippen LogP contribution in [-0.4, -0.2) is 13.7 Å². The van der Waals surface area contributed by atoms with E-state index in [9.17, 15) is 0 Å². The fourth-order valence-electron chi connectivity index (χ4n) is 2.23. The van der Waals surface area contributed by atoms with Crippen molar-refractivity contribution in [1.82, 2.24) is 5.32 Å². The molecule has 0 amide bonds. The third-order valence-corrected chi connectivity index (χ3v) is 4.67. The van der Waals surface area contributed by atoms with Crippen LogP contribution in [-0.2, 0) is 17.9 Å². The van der Waals surface area contributed by atoms with Crippen LogP contribution in [0.1, 0.15) is 54.8 Å². The van der Waals surface area contributed by atoms with Crippen LogP contribution >= 0.6 is 11.3 Å². The average molecular weight is 283 g/mol. The fraction of sp³-hybridized carbons (Fsp3) is 0.750. The summed E-state index contributed by atoms with van der Waals surface area (Å²) in [5.41, 5.74) is 1.36. The highest BCUT2D eigenvalue weighted by Crippen LogP contribution is 2.23. The number of rotatable bonds is 10. The third-order valence-electron chi connectivity index (χ3n) is 3.58. The summed E-state index contributed by atoms with van der Waals surface area (Å²) >= 11 is 1.87. The molecule has 1 N–H and O–H groups in total. The molecule has 0 radical (unpaired) electrons. The monoisotopic (exact) mass is 283 g/mol. The first-order valence-corrected chi connectivity index (χ1v) is 8.33. The lowest BCUT2D eigenvalue weighted by molar-refractivity contribution is 0.0819. The van der Waals surface area contributed by atoms with Crippen molar-refractivity contribution in [2.45, 2.75) is 59.6 Å². The van der Waals surface area contributed by atoms with Gasteiger partial charge in [0.2, 0.25) is 0 Å². The van der Waals surface area contributed by atoms with Gasteiger partial charge in [-0.3, -0.25) is 0 Å². The van der Waals surface area contributed by atoms with Crippen molar-refractivity contribution < 1.29 is 4.74 Å². The fourth-order valence-corrected chi connectivity index (χ4v) is 3.29. The predicted octanol–water partition coefficient (Wildman–Crippen LogP) is 4.51. The Hall–Kier alpha value is -0.380. The number of thiophene rings is 1. The van der Waals surface area contributed by atoms with Gasteiger partial charge in [0.1, 0.15) is 0 Å². The van der Waals surface area contributed by atoms with Crippen LogP contribution in [0.4, 0.5) is 0 Å². The van der Waals surface area contributed by atoms with E-state index in [4.69, 9.17) is 4.74 Å². The summed E-state index contributed by atoms with van der Waals surface area (Å²) in [5.74, 6) is 0.732. The standard InChI is InChI=1S/C16H29NOS/c1-5-7-8-14(6-2)11-18-12-15-9-16(10-17-4)19-13(15)3/h9,14,17H,5-8,10-12H2,1-4H3. The molecule has 1 aromatic rings. The number of nitrogens with one attached hydrogen (secondary N) is 1. The maximum atomic E-state index is 5.93. The lowest BCUT2D eigenvalue weighted by Crippen LogP contribution is -2.09. The Morgan fingerprint density at radius 3 is 2.79 bits per heavy atom. The first kappa shape index (κ1) is 16.7. The second-order valence-corrected chi connectivity index (χ2v) is 6.60. The highest BCUT2D eigenvalue weighted by molar-refractivity contribution is 7.12. The normalized spacial score (nSPS) is 12.8. The molecule has 2 nitrogen and oxygen atoms in total. The van der Waals surface area contributed by atoms with Gasteiger partial charge in [0, 0.05) is 22.9 Å². The van der Waals surface area contributed by atoms with E-state index in [1.54, 1.807) is 0 Å². The van der Waals surface area contributed by atoms with Crippen molar-refractivity contribution in [3.63, 3.8) is 0 Å². The molecule has 19 heavy (non-hydrogen) atoms. The number of ether oxygens (including phenoxy) is 1. The predicted molar refractivity (Wildman–Crippen MR) is 84.8 cm³/mol. The van der Waals surface area contributed by atoms with Gasteiger partial charge in [0.05, 0.1) is 6.61 Å². The maximum Gasteiger partial charge on any atom is 0.0727 e. The number of hydrogen-bond donors (Lipinski definition) is 1. The second kappa shape index (κ2) is 9.51. The van der Waals surface area contributed by atoms with Gasteiger partial charge in [-0.1, -0.05) is 33.1 Å². The summed E-state index contributed by atoms with van der Waals surface area (Å²) in [6.45, 7) is 9.36. The van der Waals surface area contributed by atoms with Crippen molar-refractivity contribution in [3.05, 3.63) is 21.4 Å². The van der Waals surface area contributed by atoms with Gasteiger partial charge in [-0.2, -0.15) is 0 Å². The molecule has 110 valence electrons. The summed E-state index contributed by atoms with van der Waals surface area (Å²) < 4.78 is 5.93. The molecule has 1 unspecified atom stereocenters. The van der Waals surface area contributed by atoms with Crippen LogP contribution in [0.3, 0.4) is 0 Å². The molecule has 1 heterocycles. The van der Waals surface area contributed by atoms with E-state index in [0.717, 1.165) is 25.7 Å². The molecular weight excluding hydrogens is 254 g/mol. The van der Waals surface area contributed by atoms with Gasteiger partial charge < -0.3 is 10.1 Å². The van der Waals surface area contributed by atoms with Crippen LogP contribution < -0.4 is 5.32 Å². The zero-order valence-electron chi connectivity index (χ0n) is 12.9. The van der Waals surface area contributed by atoms with Crippen LogP contribution in [0.15, 0.2) is 6.07 Å². The Bertz CT molecular complexity index is 349. The molecule has 0 bridgehead atoms. The Morgan fingerprint density at radius 1 is 1.37 bits per heavy atom. The number of hydrogen-bond acceptors (Lipinski definition) is 3. The average Bonchev–Trinajstić information content (AvgIpc) is 2.74. The van der Waals surface area contributed by atoms with Crippen molar-refractivity contribution in [2.24, 2.45) is 5.92 Å². The molecule has 3 heteroatoms. The SMILES string of the molecule is CCCCC(CC)COCc1cc(CNC)sc1C. The molecule has 1 rings (SSSR count). The molecule has 0 aliphatic carbocycles. The summed E-state index contributed by atoms with van der Waals surface area (Å²) in [4.78, 5) is 2.79. The number of unbranched alkanes of at least 4 members (excludes halogenated alkanes) is 1. The molecule has 0 saturated carbocycles. The molecular formula is C16H29NOS. The van der Waals surface area contributed by atoms with E-state index in [1.807, 2.05) is 18.4 Å². The van der Waals surface area contributed by atoms with Gasteiger partial charge in [-0.25, -0.2) is 0 Å². The van der Waals surface area contributed by atoms with E-state index in [-0.39, 0.29) is 0 Å². The van der Waals surface area contributed by atoms with Crippen molar-refractivity contribution in [2.75, 3.05) is 13.7 Å². The van der Waals surface area contributed by atoms with E-state index in [1.165, 1.54) is 41.0 Å². The van der Waals surface area contributed by atoms with E-state index >= 15 is 0 Å². The first-order chi connectivity index (χ1) is 9.21. The zero-order valence-corrected chi connectivity index (χ0v) is 13.7. The highest BCUT2D eigenvalue weighted by Gasteiger charge is 2.08. The number of aryl methyl sites for hydroxylation is 1. The molecule has 1 atom stereocenters. The molecule has 1 aromatic heterocycles. The smallest absolute Gasteiger partial charge is 0.0727 e. The second-order valence-electron chi connectivity index (χ2n) is 5.26. The zero-order chi connectivity index (χ0) is 14.1. The quantitative estimate of drug-likeness (QED) is 0.682. The summed E-state index contributed by atoms with van der Waals surface area (Å²) in [5, 5.41) is 3.20. The molecule has 0 spiro atoms. The largest absolute Gasteiger partial charge is 0.376 e. The summed E-state index contributed by atoms with van der Waals surface area (Å²) in [6.07, 6.45) is 5.15. The molecule has 0 aliphatic heterocycles. The Morgan fingerprint density at radius 2 is 2.16 bits per heavy atom. The molecule has 0 fully saturated rings. The summed E-state index contributed by atoms with van der Waals surface area (Å²) in [6, 6.07) is 2.28. The van der Waals surface area contributed by atoms with E-state index in [2.05, 4.69) is 32.2 Å². The van der Waals surface area contributed by atoms with Gasteiger partial charge in [-0.05, 0) is 37.9 Å². The maximum absolute atomic E-state index is 5.93. The van der Waals surface area contributed by atoms with Crippen molar-refractivity contribution >= 4 is 11.3 Å². The van der Waals surface area contributed by atoms with Crippen molar-refractivity contribution in [3.8, 4) is 0 Å². The lowest BCUT2D eigenvalue weighted by Gasteiger charge is -2.14. The van der Waals surface area contributed by atoms with Gasteiger partial charge in [-0.15, -0.1) is 11.3 Å². The van der Waals surface area contributed by atoms with E-state index < -0.39 is 0 Å². The summed E-state index contributed by atoms with van der Waals surface area (Å²) in [7, 11) is 1.99. The van der Waals surface area contributed by atoms with E-state index in [0.29, 0.717) is 0 Å². The van der Waals surface area contributed by atoms with Crippen molar-refractivity contribution in [1.29, 1.82) is 0 Å². The lowest BCUT2D eigenvalue weighted by atomic mass is 10.0. The minimum absolute atomic E-state index is 0.732. The third kappa shape index (κ3) is 6.07. The topological polar surface area (TPSA) is 21.3 Å². The van der Waals surface area contributed by atoms with Crippen LogP contribution in [0.5, 0.6) is 0 Å². The first-order valence-electron chi connectivity index (χ1n) is 7.51. The minimum atomic E-state index is 0.732. The Labute approximate surface area is 122 Å². The van der Waals surface area contributed by atoms with Gasteiger partial charge in [0.15, 0.2) is 0 Å². The van der Waals surface area contributed by atoms with Gasteiger partial charge in [0.25, 0.3) is 0 Å². The van der Waals surface area contributed by atoms with Gasteiger partial charge >= 0.3 is 0 Å². The minimum Gasteiger partial charge on any atom is -0.376 e. The Kier molecular flexibility index (Phi) is 8.35. The molecule has 0 saturated heterocycles. The molecule has 0 aromatic carbocycles. The van der Waals surface area contributed by atoms with Crippen LogP contribution in [0.2, 0.25) is 0 Å². The van der Waals surface area contributed by atoms with Crippen LogP contribution in [0.25, 0.3) is 0 Å². The highest BCUT2D eigenvalue weighted by atomic mass is 32.1. The Balaban J connectivity index is 2.35. The molecule has 0 aliphatic rings.